The number of allylic oxidation sites excluding steroid dienone is 3. The van der Waals surface area contributed by atoms with Crippen molar-refractivity contribution in [3.63, 3.8) is 0 Å². The molecule has 0 aromatic carbocycles. The molecule has 0 saturated carbocycles. The van der Waals surface area contributed by atoms with E-state index < -0.39 is 0 Å². The first-order chi connectivity index (χ1) is 6.95. The first-order valence-corrected chi connectivity index (χ1v) is 5.55. The highest BCUT2D eigenvalue weighted by atomic mass is 16.3. The highest BCUT2D eigenvalue weighted by molar-refractivity contribution is 5.95. The van der Waals surface area contributed by atoms with Crippen molar-refractivity contribution >= 4 is 5.78 Å². The Morgan fingerprint density at radius 1 is 1.60 bits per heavy atom. The second-order valence-electron chi connectivity index (χ2n) is 5.01. The van der Waals surface area contributed by atoms with E-state index in [9.17, 15) is 9.90 Å². The van der Waals surface area contributed by atoms with Crippen molar-refractivity contribution in [1.82, 2.24) is 0 Å². The van der Waals surface area contributed by atoms with Crippen molar-refractivity contribution in [3.8, 4) is 0 Å². The summed E-state index contributed by atoms with van der Waals surface area (Å²) >= 11 is 0. The Kier molecular flexibility index (Phi) is 2.34. The fourth-order valence-electron chi connectivity index (χ4n) is 2.71. The molecule has 3 atom stereocenters. The van der Waals surface area contributed by atoms with Gasteiger partial charge >= 0.3 is 0 Å². The van der Waals surface area contributed by atoms with Crippen molar-refractivity contribution in [1.29, 1.82) is 0 Å². The number of hydrogen-bond acceptors (Lipinski definition) is 2. The van der Waals surface area contributed by atoms with Gasteiger partial charge in [0.25, 0.3) is 0 Å². The lowest BCUT2D eigenvalue weighted by Gasteiger charge is -2.38. The normalized spacial score (nSPS) is 39.5. The van der Waals surface area contributed by atoms with E-state index in [1.54, 1.807) is 6.92 Å². The fourth-order valence-corrected chi connectivity index (χ4v) is 2.71. The highest BCUT2D eigenvalue weighted by Crippen LogP contribution is 2.50. The number of ketones is 1. The third kappa shape index (κ3) is 1.48. The standard InChI is InChI=1S/C13H18O2/c1-8-12(15)5-4-11-6-10(9(2)14)7-13(8,11)3/h4,7-8,12,15H,5-6H2,1-3H3/t8-,12-,13+/m0/s1. The first-order valence-electron chi connectivity index (χ1n) is 5.55. The molecule has 0 amide bonds. The zero-order valence-corrected chi connectivity index (χ0v) is 9.58. The molecule has 2 heteroatoms. The van der Waals surface area contributed by atoms with Crippen LogP contribution in [0.1, 0.15) is 33.6 Å². The summed E-state index contributed by atoms with van der Waals surface area (Å²) in [5.74, 6) is 0.363. The van der Waals surface area contributed by atoms with Crippen LogP contribution in [0.4, 0.5) is 0 Å². The number of aliphatic hydroxyl groups is 1. The van der Waals surface area contributed by atoms with E-state index in [1.165, 1.54) is 5.57 Å². The zero-order valence-electron chi connectivity index (χ0n) is 9.58. The number of Topliss-reactive ketones (excluding diaryl/α,β-unsaturated/α-hetero) is 1. The lowest BCUT2D eigenvalue weighted by Crippen LogP contribution is -2.35. The average molecular weight is 206 g/mol. The predicted molar refractivity (Wildman–Crippen MR) is 59.4 cm³/mol. The van der Waals surface area contributed by atoms with Gasteiger partial charge in [-0.25, -0.2) is 0 Å². The monoisotopic (exact) mass is 206 g/mol. The summed E-state index contributed by atoms with van der Waals surface area (Å²) in [6.45, 7) is 5.81. The van der Waals surface area contributed by atoms with Crippen molar-refractivity contribution in [2.24, 2.45) is 11.3 Å². The number of aliphatic hydroxyl groups excluding tert-OH is 1. The van der Waals surface area contributed by atoms with E-state index in [-0.39, 0.29) is 23.2 Å². The van der Waals surface area contributed by atoms with Gasteiger partial charge in [0.1, 0.15) is 0 Å². The molecule has 82 valence electrons. The van der Waals surface area contributed by atoms with Crippen LogP contribution in [0.5, 0.6) is 0 Å². The molecule has 0 bridgehead atoms. The van der Waals surface area contributed by atoms with E-state index in [0.29, 0.717) is 0 Å². The molecular formula is C13H18O2. The summed E-state index contributed by atoms with van der Waals surface area (Å²) in [5.41, 5.74) is 2.12. The third-order valence-corrected chi connectivity index (χ3v) is 4.13. The number of hydrogen-bond donors (Lipinski definition) is 1. The fraction of sp³-hybridized carbons (Fsp3) is 0.615. The van der Waals surface area contributed by atoms with Crippen molar-refractivity contribution < 1.29 is 9.90 Å². The van der Waals surface area contributed by atoms with E-state index >= 15 is 0 Å². The van der Waals surface area contributed by atoms with Gasteiger partial charge in [0, 0.05) is 5.41 Å². The van der Waals surface area contributed by atoms with Gasteiger partial charge in [0.15, 0.2) is 5.78 Å². The van der Waals surface area contributed by atoms with Crippen LogP contribution in [-0.2, 0) is 4.79 Å². The van der Waals surface area contributed by atoms with Crippen molar-refractivity contribution in [2.75, 3.05) is 0 Å². The molecule has 0 unspecified atom stereocenters. The maximum absolute atomic E-state index is 11.4. The molecule has 0 aromatic heterocycles. The van der Waals surface area contributed by atoms with E-state index in [4.69, 9.17) is 0 Å². The minimum absolute atomic E-state index is 0.0985. The number of fused-ring (bicyclic) bond motifs is 1. The maximum Gasteiger partial charge on any atom is 0.155 e. The molecular weight excluding hydrogens is 188 g/mol. The molecule has 0 fully saturated rings. The van der Waals surface area contributed by atoms with Crippen molar-refractivity contribution in [2.45, 2.75) is 39.7 Å². The van der Waals surface area contributed by atoms with Crippen molar-refractivity contribution in [3.05, 3.63) is 23.3 Å². The van der Waals surface area contributed by atoms with Crippen LogP contribution < -0.4 is 0 Å². The van der Waals surface area contributed by atoms with Gasteiger partial charge < -0.3 is 5.11 Å². The Labute approximate surface area is 90.7 Å². The van der Waals surface area contributed by atoms with Crippen LogP contribution in [0, 0.1) is 11.3 Å². The molecule has 2 rings (SSSR count). The summed E-state index contributed by atoms with van der Waals surface area (Å²) in [5, 5.41) is 9.86. The minimum Gasteiger partial charge on any atom is -0.392 e. The first kappa shape index (κ1) is 10.6. The topological polar surface area (TPSA) is 37.3 Å². The van der Waals surface area contributed by atoms with Gasteiger partial charge in [-0.05, 0) is 31.3 Å². The number of carbonyl (C=O) groups excluding carboxylic acids is 1. The van der Waals surface area contributed by atoms with Gasteiger partial charge in [0.2, 0.25) is 0 Å². The third-order valence-electron chi connectivity index (χ3n) is 4.13. The van der Waals surface area contributed by atoms with Gasteiger partial charge in [-0.3, -0.25) is 4.79 Å². The van der Waals surface area contributed by atoms with Crippen LogP contribution in [0.15, 0.2) is 23.3 Å². The van der Waals surface area contributed by atoms with Crippen LogP contribution >= 0.6 is 0 Å². The summed E-state index contributed by atoms with van der Waals surface area (Å²) in [6.07, 6.45) is 5.40. The number of carbonyl (C=O) groups is 1. The quantitative estimate of drug-likeness (QED) is 0.668. The van der Waals surface area contributed by atoms with Gasteiger partial charge in [-0.1, -0.05) is 31.6 Å². The Morgan fingerprint density at radius 3 is 2.87 bits per heavy atom. The molecule has 0 saturated heterocycles. The van der Waals surface area contributed by atoms with Gasteiger partial charge in [-0.15, -0.1) is 0 Å². The van der Waals surface area contributed by atoms with E-state index in [2.05, 4.69) is 26.0 Å². The second kappa shape index (κ2) is 3.31. The molecule has 0 spiro atoms. The second-order valence-corrected chi connectivity index (χ2v) is 5.01. The smallest absolute Gasteiger partial charge is 0.155 e. The molecule has 2 aliphatic carbocycles. The van der Waals surface area contributed by atoms with Gasteiger partial charge in [0.05, 0.1) is 6.10 Å². The summed E-state index contributed by atoms with van der Waals surface area (Å²) in [4.78, 5) is 11.4. The molecule has 2 nitrogen and oxygen atoms in total. The molecule has 0 aliphatic heterocycles. The SMILES string of the molecule is CC(=O)C1=C[C@@]2(C)C(=CC[C@H](O)[C@@H]2C)C1. The molecule has 15 heavy (non-hydrogen) atoms. The van der Waals surface area contributed by atoms with Gasteiger partial charge in [-0.2, -0.15) is 0 Å². The average Bonchev–Trinajstić information content (AvgIpc) is 2.52. The summed E-state index contributed by atoms with van der Waals surface area (Å²) in [7, 11) is 0. The lowest BCUT2D eigenvalue weighted by molar-refractivity contribution is -0.113. The Balaban J connectivity index is 2.41. The highest BCUT2D eigenvalue weighted by Gasteiger charge is 2.43. The Morgan fingerprint density at radius 2 is 2.27 bits per heavy atom. The molecule has 1 N–H and O–H groups in total. The molecule has 0 radical (unpaired) electrons. The lowest BCUT2D eigenvalue weighted by atomic mass is 9.68. The Hall–Kier alpha value is -0.890. The van der Waals surface area contributed by atoms with Crippen LogP contribution in [-0.4, -0.2) is 17.0 Å². The zero-order chi connectivity index (χ0) is 11.2. The predicted octanol–water partition coefficient (Wildman–Crippen LogP) is 2.24. The molecule has 0 aromatic rings. The van der Waals surface area contributed by atoms with E-state index in [1.807, 2.05) is 0 Å². The minimum atomic E-state index is -0.277. The number of rotatable bonds is 1. The van der Waals surface area contributed by atoms with Crippen LogP contribution in [0.2, 0.25) is 0 Å². The van der Waals surface area contributed by atoms with Crippen LogP contribution in [0.25, 0.3) is 0 Å². The van der Waals surface area contributed by atoms with E-state index in [0.717, 1.165) is 18.4 Å². The molecule has 0 heterocycles. The Bertz CT molecular complexity index is 365. The summed E-state index contributed by atoms with van der Waals surface area (Å²) < 4.78 is 0. The largest absolute Gasteiger partial charge is 0.392 e. The summed E-state index contributed by atoms with van der Waals surface area (Å²) in [6, 6.07) is 0. The maximum atomic E-state index is 11.4. The van der Waals surface area contributed by atoms with Crippen LogP contribution in [0.3, 0.4) is 0 Å². The molecule has 2 aliphatic rings.